The normalized spacial score (nSPS) is 17.2. The average Bonchev–Trinajstić information content (AvgIpc) is 3.32. The van der Waals surface area contributed by atoms with Crippen LogP contribution < -0.4 is 5.32 Å². The van der Waals surface area contributed by atoms with E-state index in [2.05, 4.69) is 33.3 Å². The summed E-state index contributed by atoms with van der Waals surface area (Å²) in [6, 6.07) is 11.9. The van der Waals surface area contributed by atoms with Crippen molar-refractivity contribution in [3.8, 4) is 0 Å². The van der Waals surface area contributed by atoms with Crippen molar-refractivity contribution in [3.63, 3.8) is 0 Å². The van der Waals surface area contributed by atoms with Crippen LogP contribution in [0.15, 0.2) is 47.1 Å². The summed E-state index contributed by atoms with van der Waals surface area (Å²) in [6.07, 6.45) is 1.63. The van der Waals surface area contributed by atoms with Crippen LogP contribution in [0.25, 0.3) is 10.2 Å². The van der Waals surface area contributed by atoms with Crippen LogP contribution in [-0.2, 0) is 11.3 Å². The Hall–Kier alpha value is -2.22. The van der Waals surface area contributed by atoms with Crippen molar-refractivity contribution in [2.75, 3.05) is 32.7 Å². The number of carbonyl (C=O) groups excluding carboxylic acids is 1. The highest BCUT2D eigenvalue weighted by molar-refractivity contribution is 7.18. The standard InChI is InChI=1S/C20H24N4O2S/c1-15(17-6-4-12-26-17)21-19(25)13-23-8-10-24(11-9-23)14-20-22-16-5-2-3-7-18(16)27-20/h2-7,12,15H,8-11,13-14H2,1H3,(H,21,25)/t15-/m1/s1. The quantitative estimate of drug-likeness (QED) is 0.708. The first-order valence-corrected chi connectivity index (χ1v) is 10.1. The number of fused-ring (bicyclic) bond motifs is 1. The molecule has 1 N–H and O–H groups in total. The highest BCUT2D eigenvalue weighted by Crippen LogP contribution is 2.23. The largest absolute Gasteiger partial charge is 0.467 e. The molecule has 1 aromatic carbocycles. The molecular weight excluding hydrogens is 360 g/mol. The lowest BCUT2D eigenvalue weighted by molar-refractivity contribution is -0.123. The Morgan fingerprint density at radius 2 is 1.96 bits per heavy atom. The van der Waals surface area contributed by atoms with Crippen LogP contribution in [0.5, 0.6) is 0 Å². The van der Waals surface area contributed by atoms with Gasteiger partial charge >= 0.3 is 0 Å². The van der Waals surface area contributed by atoms with Gasteiger partial charge in [-0.05, 0) is 31.2 Å². The molecule has 0 aliphatic carbocycles. The zero-order valence-corrected chi connectivity index (χ0v) is 16.2. The van der Waals surface area contributed by atoms with Crippen LogP contribution in [0.2, 0.25) is 0 Å². The Bertz CT molecular complexity index is 851. The number of nitrogens with one attached hydrogen (secondary N) is 1. The van der Waals surface area contributed by atoms with Crippen molar-refractivity contribution in [1.29, 1.82) is 0 Å². The first-order chi connectivity index (χ1) is 13.2. The van der Waals surface area contributed by atoms with Gasteiger partial charge in [0, 0.05) is 26.2 Å². The number of hydrogen-bond donors (Lipinski definition) is 1. The van der Waals surface area contributed by atoms with Gasteiger partial charge < -0.3 is 9.73 Å². The van der Waals surface area contributed by atoms with Gasteiger partial charge in [0.05, 0.1) is 35.6 Å². The number of aromatic nitrogens is 1. The molecule has 2 aromatic heterocycles. The molecule has 1 fully saturated rings. The third-order valence-electron chi connectivity index (χ3n) is 4.88. The van der Waals surface area contributed by atoms with Crippen LogP contribution in [0.3, 0.4) is 0 Å². The van der Waals surface area contributed by atoms with E-state index >= 15 is 0 Å². The summed E-state index contributed by atoms with van der Waals surface area (Å²) in [5, 5.41) is 4.16. The van der Waals surface area contributed by atoms with Gasteiger partial charge in [-0.15, -0.1) is 11.3 Å². The molecule has 4 rings (SSSR count). The molecule has 0 unspecified atom stereocenters. The number of para-hydroxylation sites is 1. The van der Waals surface area contributed by atoms with Crippen molar-refractivity contribution in [1.82, 2.24) is 20.1 Å². The number of piperazine rings is 1. The molecule has 1 aliphatic heterocycles. The van der Waals surface area contributed by atoms with Crippen molar-refractivity contribution in [3.05, 3.63) is 53.4 Å². The number of nitrogens with zero attached hydrogens (tertiary/aromatic N) is 3. The fraction of sp³-hybridized carbons (Fsp3) is 0.400. The molecule has 3 aromatic rings. The Morgan fingerprint density at radius 3 is 2.70 bits per heavy atom. The van der Waals surface area contributed by atoms with Gasteiger partial charge in [-0.2, -0.15) is 0 Å². The monoisotopic (exact) mass is 384 g/mol. The zero-order valence-electron chi connectivity index (χ0n) is 15.4. The molecule has 27 heavy (non-hydrogen) atoms. The van der Waals surface area contributed by atoms with E-state index < -0.39 is 0 Å². The predicted octanol–water partition coefficient (Wildman–Crippen LogP) is 2.88. The number of rotatable bonds is 6. The third kappa shape index (κ3) is 4.55. The lowest BCUT2D eigenvalue weighted by Gasteiger charge is -2.33. The molecule has 1 saturated heterocycles. The van der Waals surface area contributed by atoms with E-state index in [9.17, 15) is 4.79 Å². The van der Waals surface area contributed by atoms with Crippen LogP contribution in [0.1, 0.15) is 23.7 Å². The minimum atomic E-state index is -0.104. The van der Waals surface area contributed by atoms with E-state index in [0.717, 1.165) is 49.0 Å². The molecule has 3 heterocycles. The number of amides is 1. The lowest BCUT2D eigenvalue weighted by atomic mass is 10.2. The second-order valence-corrected chi connectivity index (χ2v) is 8.05. The van der Waals surface area contributed by atoms with Gasteiger partial charge in [-0.25, -0.2) is 4.98 Å². The maximum absolute atomic E-state index is 12.3. The van der Waals surface area contributed by atoms with Gasteiger partial charge in [-0.1, -0.05) is 12.1 Å². The van der Waals surface area contributed by atoms with E-state index in [1.54, 1.807) is 17.6 Å². The summed E-state index contributed by atoms with van der Waals surface area (Å²) in [7, 11) is 0. The molecule has 142 valence electrons. The van der Waals surface area contributed by atoms with Crippen LogP contribution in [-0.4, -0.2) is 53.4 Å². The lowest BCUT2D eigenvalue weighted by Crippen LogP contribution is -2.49. The molecule has 1 aliphatic rings. The summed E-state index contributed by atoms with van der Waals surface area (Å²) in [4.78, 5) is 21.6. The van der Waals surface area contributed by atoms with E-state index in [1.807, 2.05) is 25.1 Å². The first kappa shape index (κ1) is 18.2. The zero-order chi connectivity index (χ0) is 18.6. The second kappa shape index (κ2) is 8.21. The van der Waals surface area contributed by atoms with Crippen molar-refractivity contribution in [2.45, 2.75) is 19.5 Å². The molecule has 0 spiro atoms. The van der Waals surface area contributed by atoms with Gasteiger partial charge in [0.2, 0.25) is 5.91 Å². The van der Waals surface area contributed by atoms with Crippen molar-refractivity contribution < 1.29 is 9.21 Å². The van der Waals surface area contributed by atoms with Crippen LogP contribution in [0, 0.1) is 0 Å². The SMILES string of the molecule is C[C@@H](NC(=O)CN1CCN(Cc2nc3ccccc3s2)CC1)c1ccco1. The Labute approximate surface area is 162 Å². The van der Waals surface area contributed by atoms with E-state index in [-0.39, 0.29) is 11.9 Å². The van der Waals surface area contributed by atoms with Crippen molar-refractivity contribution >= 4 is 27.5 Å². The Balaban J connectivity index is 1.23. The fourth-order valence-electron chi connectivity index (χ4n) is 3.38. The average molecular weight is 385 g/mol. The second-order valence-electron chi connectivity index (χ2n) is 6.93. The molecule has 1 amide bonds. The first-order valence-electron chi connectivity index (χ1n) is 9.29. The number of thiazole rings is 1. The van der Waals surface area contributed by atoms with Gasteiger partial charge in [0.15, 0.2) is 0 Å². The van der Waals surface area contributed by atoms with E-state index in [0.29, 0.717) is 6.54 Å². The molecule has 6 nitrogen and oxygen atoms in total. The highest BCUT2D eigenvalue weighted by Gasteiger charge is 2.21. The number of carbonyl (C=O) groups is 1. The topological polar surface area (TPSA) is 61.6 Å². The molecule has 1 atom stereocenters. The Morgan fingerprint density at radius 1 is 1.19 bits per heavy atom. The molecule has 0 radical (unpaired) electrons. The van der Waals surface area contributed by atoms with Crippen LogP contribution >= 0.6 is 11.3 Å². The van der Waals surface area contributed by atoms with Gasteiger partial charge in [0.1, 0.15) is 10.8 Å². The fourth-order valence-corrected chi connectivity index (χ4v) is 4.39. The maximum Gasteiger partial charge on any atom is 0.234 e. The molecular formula is C20H24N4O2S. The van der Waals surface area contributed by atoms with E-state index in [1.165, 1.54) is 4.70 Å². The number of benzene rings is 1. The summed E-state index contributed by atoms with van der Waals surface area (Å²) in [6.45, 7) is 6.95. The Kier molecular flexibility index (Phi) is 5.52. The van der Waals surface area contributed by atoms with Crippen molar-refractivity contribution in [2.24, 2.45) is 0 Å². The summed E-state index contributed by atoms with van der Waals surface area (Å²) >= 11 is 1.77. The molecule has 0 saturated carbocycles. The van der Waals surface area contributed by atoms with Gasteiger partial charge in [-0.3, -0.25) is 14.6 Å². The number of furan rings is 1. The maximum atomic E-state index is 12.3. The molecule has 0 bridgehead atoms. The molecule has 7 heteroatoms. The third-order valence-corrected chi connectivity index (χ3v) is 5.90. The predicted molar refractivity (Wildman–Crippen MR) is 107 cm³/mol. The summed E-state index contributed by atoms with van der Waals surface area (Å²) in [5.41, 5.74) is 1.08. The number of hydrogen-bond acceptors (Lipinski definition) is 6. The highest BCUT2D eigenvalue weighted by atomic mass is 32.1. The van der Waals surface area contributed by atoms with Crippen LogP contribution in [0.4, 0.5) is 0 Å². The van der Waals surface area contributed by atoms with E-state index in [4.69, 9.17) is 9.40 Å². The minimum absolute atomic E-state index is 0.0403. The minimum Gasteiger partial charge on any atom is -0.467 e. The summed E-state index contributed by atoms with van der Waals surface area (Å²) in [5.74, 6) is 0.822. The summed E-state index contributed by atoms with van der Waals surface area (Å²) < 4.78 is 6.58. The smallest absolute Gasteiger partial charge is 0.234 e. The van der Waals surface area contributed by atoms with Gasteiger partial charge in [0.25, 0.3) is 0 Å².